The molecule has 8 nitrogen and oxygen atoms in total. The molecule has 0 radical (unpaired) electrons. The van der Waals surface area contributed by atoms with E-state index < -0.39 is 0 Å². The Kier molecular flexibility index (Phi) is 6.66. The van der Waals surface area contributed by atoms with Gasteiger partial charge in [0.15, 0.2) is 0 Å². The Hall–Kier alpha value is -3.13. The van der Waals surface area contributed by atoms with Crippen molar-refractivity contribution in [2.45, 2.75) is 32.2 Å². The molecule has 2 aromatic heterocycles. The van der Waals surface area contributed by atoms with Crippen LogP contribution < -0.4 is 5.32 Å². The Bertz CT molecular complexity index is 1010. The number of aryl methyl sites for hydroxylation is 1. The summed E-state index contributed by atoms with van der Waals surface area (Å²) in [6.07, 6.45) is 3.55. The molecule has 9 heteroatoms. The summed E-state index contributed by atoms with van der Waals surface area (Å²) in [6, 6.07) is 10.8. The molecule has 1 N–H and O–H groups in total. The van der Waals surface area contributed by atoms with E-state index in [2.05, 4.69) is 15.5 Å². The molecule has 1 saturated heterocycles. The molecule has 0 saturated carbocycles. The maximum Gasteiger partial charge on any atom is 0.227 e. The maximum atomic E-state index is 12.6. The van der Waals surface area contributed by atoms with Crippen LogP contribution in [0.2, 0.25) is 5.02 Å². The van der Waals surface area contributed by atoms with Gasteiger partial charge in [-0.1, -0.05) is 16.8 Å². The average Bonchev–Trinajstić information content (AvgIpc) is 3.49. The number of halogens is 1. The largest absolute Gasteiger partial charge is 0.467 e. The monoisotopic (exact) mass is 442 g/mol. The normalized spacial score (nSPS) is 14.5. The Morgan fingerprint density at radius 1 is 1.16 bits per heavy atom. The standard InChI is InChI=1S/C22H23ClN4O4/c23-17-5-3-15(4-6-17)21-25-19(31-26-21)7-8-20(28)27-11-9-16(10-12-27)22(29)24-14-18-2-1-13-30-18/h1-6,13,16H,7-12,14H2,(H,24,29). The van der Waals surface area contributed by atoms with Crippen LogP contribution in [0.25, 0.3) is 11.4 Å². The van der Waals surface area contributed by atoms with Gasteiger partial charge < -0.3 is 19.2 Å². The molecule has 31 heavy (non-hydrogen) atoms. The second-order valence-electron chi connectivity index (χ2n) is 7.47. The Labute approximate surface area is 184 Å². The van der Waals surface area contributed by atoms with Gasteiger partial charge in [-0.25, -0.2) is 0 Å². The summed E-state index contributed by atoms with van der Waals surface area (Å²) in [5.74, 6) is 1.56. The van der Waals surface area contributed by atoms with Crippen molar-refractivity contribution < 1.29 is 18.5 Å². The summed E-state index contributed by atoms with van der Waals surface area (Å²) in [7, 11) is 0. The van der Waals surface area contributed by atoms with Crippen LogP contribution in [0.4, 0.5) is 0 Å². The third-order valence-electron chi connectivity index (χ3n) is 5.36. The summed E-state index contributed by atoms with van der Waals surface area (Å²) >= 11 is 5.89. The van der Waals surface area contributed by atoms with Gasteiger partial charge in [-0.3, -0.25) is 9.59 Å². The number of hydrogen-bond acceptors (Lipinski definition) is 6. The highest BCUT2D eigenvalue weighted by molar-refractivity contribution is 6.30. The minimum atomic E-state index is -0.0862. The molecule has 3 aromatic rings. The number of nitrogens with one attached hydrogen (secondary N) is 1. The number of carbonyl (C=O) groups is 2. The lowest BCUT2D eigenvalue weighted by Crippen LogP contribution is -2.43. The highest BCUT2D eigenvalue weighted by atomic mass is 35.5. The van der Waals surface area contributed by atoms with Gasteiger partial charge in [0, 0.05) is 42.4 Å². The first kappa shape index (κ1) is 21.1. The summed E-state index contributed by atoms with van der Waals surface area (Å²) in [5.41, 5.74) is 0.804. The Balaban J connectivity index is 1.20. The van der Waals surface area contributed by atoms with Crippen molar-refractivity contribution in [1.82, 2.24) is 20.4 Å². The lowest BCUT2D eigenvalue weighted by atomic mass is 9.95. The molecule has 1 aromatic carbocycles. The van der Waals surface area contributed by atoms with Crippen LogP contribution in [-0.4, -0.2) is 39.9 Å². The third kappa shape index (κ3) is 5.52. The molecule has 0 spiro atoms. The van der Waals surface area contributed by atoms with Crippen LogP contribution in [0.1, 0.15) is 30.9 Å². The van der Waals surface area contributed by atoms with Crippen molar-refractivity contribution in [2.75, 3.05) is 13.1 Å². The minimum Gasteiger partial charge on any atom is -0.467 e. The van der Waals surface area contributed by atoms with Crippen molar-refractivity contribution in [3.8, 4) is 11.4 Å². The Morgan fingerprint density at radius 2 is 1.94 bits per heavy atom. The highest BCUT2D eigenvalue weighted by Crippen LogP contribution is 2.21. The third-order valence-corrected chi connectivity index (χ3v) is 5.61. The van der Waals surface area contributed by atoms with E-state index in [0.717, 1.165) is 11.3 Å². The quantitative estimate of drug-likeness (QED) is 0.601. The molecule has 162 valence electrons. The van der Waals surface area contributed by atoms with Crippen molar-refractivity contribution in [3.63, 3.8) is 0 Å². The number of carbonyl (C=O) groups excluding carboxylic acids is 2. The first-order valence-corrected chi connectivity index (χ1v) is 10.6. The van der Waals surface area contributed by atoms with Crippen LogP contribution in [0, 0.1) is 5.92 Å². The van der Waals surface area contributed by atoms with Crippen LogP contribution in [0.15, 0.2) is 51.6 Å². The van der Waals surface area contributed by atoms with Gasteiger partial charge in [0.05, 0.1) is 12.8 Å². The van der Waals surface area contributed by atoms with E-state index in [1.54, 1.807) is 29.4 Å². The molecule has 0 aliphatic carbocycles. The molecule has 3 heterocycles. The van der Waals surface area contributed by atoms with Crippen molar-refractivity contribution >= 4 is 23.4 Å². The molecule has 2 amide bonds. The highest BCUT2D eigenvalue weighted by Gasteiger charge is 2.27. The minimum absolute atomic E-state index is 0.00378. The average molecular weight is 443 g/mol. The molecule has 1 aliphatic heterocycles. The fourth-order valence-corrected chi connectivity index (χ4v) is 3.69. The number of nitrogens with zero attached hydrogens (tertiary/aromatic N) is 3. The second kappa shape index (κ2) is 9.78. The number of aromatic nitrogens is 2. The van der Waals surface area contributed by atoms with Crippen molar-refractivity contribution in [3.05, 3.63) is 59.3 Å². The Morgan fingerprint density at radius 3 is 2.65 bits per heavy atom. The van der Waals surface area contributed by atoms with Gasteiger partial charge >= 0.3 is 0 Å². The van der Waals surface area contributed by atoms with Crippen LogP contribution in [0.3, 0.4) is 0 Å². The van der Waals surface area contributed by atoms with Crippen molar-refractivity contribution in [1.29, 1.82) is 0 Å². The molecule has 4 rings (SSSR count). The topological polar surface area (TPSA) is 101 Å². The molecule has 0 atom stereocenters. The number of hydrogen-bond donors (Lipinski definition) is 1. The lowest BCUT2D eigenvalue weighted by Gasteiger charge is -2.31. The van der Waals surface area contributed by atoms with Crippen LogP contribution >= 0.6 is 11.6 Å². The van der Waals surface area contributed by atoms with E-state index in [-0.39, 0.29) is 24.2 Å². The molecular weight excluding hydrogens is 420 g/mol. The van der Waals surface area contributed by atoms with E-state index in [1.807, 2.05) is 18.2 Å². The summed E-state index contributed by atoms with van der Waals surface area (Å²) in [5, 5.41) is 7.50. The van der Waals surface area contributed by atoms with E-state index >= 15 is 0 Å². The molecule has 1 aliphatic rings. The molecule has 1 fully saturated rings. The predicted molar refractivity (Wildman–Crippen MR) is 113 cm³/mol. The molecular formula is C22H23ClN4O4. The smallest absolute Gasteiger partial charge is 0.227 e. The number of piperidine rings is 1. The maximum absolute atomic E-state index is 12.6. The fourth-order valence-electron chi connectivity index (χ4n) is 3.57. The number of benzene rings is 1. The van der Waals surface area contributed by atoms with Crippen LogP contribution in [-0.2, 0) is 22.6 Å². The zero-order valence-corrected chi connectivity index (χ0v) is 17.7. The fraction of sp³-hybridized carbons (Fsp3) is 0.364. The zero-order chi connectivity index (χ0) is 21.6. The second-order valence-corrected chi connectivity index (χ2v) is 7.91. The summed E-state index contributed by atoms with van der Waals surface area (Å²) < 4.78 is 10.5. The number of likely N-dealkylation sites (tertiary alicyclic amines) is 1. The van der Waals surface area contributed by atoms with E-state index in [9.17, 15) is 9.59 Å². The van der Waals surface area contributed by atoms with Gasteiger partial charge in [0.25, 0.3) is 0 Å². The van der Waals surface area contributed by atoms with Gasteiger partial charge in [-0.2, -0.15) is 4.98 Å². The summed E-state index contributed by atoms with van der Waals surface area (Å²) in [6.45, 7) is 1.52. The zero-order valence-electron chi connectivity index (χ0n) is 16.9. The first-order chi connectivity index (χ1) is 15.1. The lowest BCUT2D eigenvalue weighted by molar-refractivity contribution is -0.135. The van der Waals surface area contributed by atoms with Gasteiger partial charge in [0.2, 0.25) is 23.5 Å². The molecule has 0 bridgehead atoms. The first-order valence-electron chi connectivity index (χ1n) is 10.2. The van der Waals surface area contributed by atoms with Gasteiger partial charge in [-0.15, -0.1) is 0 Å². The number of furan rings is 1. The van der Waals surface area contributed by atoms with E-state index in [4.69, 9.17) is 20.5 Å². The van der Waals surface area contributed by atoms with Crippen molar-refractivity contribution in [2.24, 2.45) is 5.92 Å². The van der Waals surface area contributed by atoms with Gasteiger partial charge in [0.1, 0.15) is 5.76 Å². The summed E-state index contributed by atoms with van der Waals surface area (Å²) in [4.78, 5) is 31.0. The molecule has 0 unspecified atom stereocenters. The SMILES string of the molecule is O=C(NCc1ccco1)C1CCN(C(=O)CCc2nc(-c3ccc(Cl)cc3)no2)CC1. The predicted octanol–water partition coefficient (Wildman–Crippen LogP) is 3.47. The van der Waals surface area contributed by atoms with Crippen LogP contribution in [0.5, 0.6) is 0 Å². The van der Waals surface area contributed by atoms with E-state index in [1.165, 1.54) is 0 Å². The van der Waals surface area contributed by atoms with E-state index in [0.29, 0.717) is 55.6 Å². The number of amides is 2. The number of rotatable bonds is 7. The van der Waals surface area contributed by atoms with Gasteiger partial charge in [-0.05, 0) is 49.2 Å².